The summed E-state index contributed by atoms with van der Waals surface area (Å²) in [6.45, 7) is 5.00. The van der Waals surface area contributed by atoms with Gasteiger partial charge in [-0.15, -0.1) is 0 Å². The van der Waals surface area contributed by atoms with E-state index in [9.17, 15) is 4.79 Å². The topological polar surface area (TPSA) is 86.5 Å². The highest BCUT2D eigenvalue weighted by Crippen LogP contribution is 2.12. The van der Waals surface area contributed by atoms with Crippen LogP contribution in [0, 0.1) is 5.92 Å². The molecule has 0 radical (unpaired) electrons. The maximum absolute atomic E-state index is 11.8. The van der Waals surface area contributed by atoms with Crippen molar-refractivity contribution in [1.29, 1.82) is 0 Å². The number of methoxy groups -OCH3 is 1. The minimum absolute atomic E-state index is 0.200. The molecule has 0 aliphatic carbocycles. The van der Waals surface area contributed by atoms with Crippen molar-refractivity contribution in [2.45, 2.75) is 26.3 Å². The Bertz CT molecular complexity index is 407. The van der Waals surface area contributed by atoms with Crippen LogP contribution < -0.4 is 15.8 Å². The first-order valence-corrected chi connectivity index (χ1v) is 6.67. The van der Waals surface area contributed by atoms with E-state index in [2.05, 4.69) is 10.3 Å². The number of aromatic nitrogens is 1. The van der Waals surface area contributed by atoms with Crippen LogP contribution in [-0.4, -0.2) is 37.3 Å². The fraction of sp³-hybridized carbons (Fsp3) is 0.571. The van der Waals surface area contributed by atoms with E-state index in [1.165, 1.54) is 0 Å². The average Bonchev–Trinajstić information content (AvgIpc) is 2.40. The highest BCUT2D eigenvalue weighted by molar-refractivity contribution is 5.94. The van der Waals surface area contributed by atoms with Crippen LogP contribution in [0.1, 0.15) is 20.3 Å². The molecule has 6 heteroatoms. The maximum atomic E-state index is 11.8. The number of hydrogen-bond acceptors (Lipinski definition) is 5. The SMILES string of the molecule is COCCOc1ccc(NC(=O)[C@H](N)CC(C)C)cn1. The number of nitrogens with one attached hydrogen (secondary N) is 1. The number of ether oxygens (including phenoxy) is 2. The van der Waals surface area contributed by atoms with E-state index in [0.717, 1.165) is 0 Å². The monoisotopic (exact) mass is 281 g/mol. The van der Waals surface area contributed by atoms with Gasteiger partial charge < -0.3 is 20.5 Å². The molecular weight excluding hydrogens is 258 g/mol. The number of hydrogen-bond donors (Lipinski definition) is 2. The molecule has 1 amide bonds. The Balaban J connectivity index is 2.46. The van der Waals surface area contributed by atoms with Gasteiger partial charge in [0.05, 0.1) is 24.5 Å². The Hall–Kier alpha value is -1.66. The summed E-state index contributed by atoms with van der Waals surface area (Å²) in [6.07, 6.45) is 2.19. The summed E-state index contributed by atoms with van der Waals surface area (Å²) in [5.74, 6) is 0.672. The zero-order valence-electron chi connectivity index (χ0n) is 12.3. The van der Waals surface area contributed by atoms with Gasteiger partial charge >= 0.3 is 0 Å². The molecule has 0 unspecified atom stereocenters. The molecule has 0 aliphatic rings. The number of carbonyl (C=O) groups excluding carboxylic acids is 1. The van der Waals surface area contributed by atoms with Gasteiger partial charge in [-0.1, -0.05) is 13.8 Å². The molecule has 0 saturated carbocycles. The van der Waals surface area contributed by atoms with Gasteiger partial charge in [0.1, 0.15) is 6.61 Å². The van der Waals surface area contributed by atoms with Gasteiger partial charge in [0.15, 0.2) is 0 Å². The number of carbonyl (C=O) groups is 1. The van der Waals surface area contributed by atoms with Crippen molar-refractivity contribution in [2.75, 3.05) is 25.6 Å². The largest absolute Gasteiger partial charge is 0.475 e. The first-order valence-electron chi connectivity index (χ1n) is 6.67. The van der Waals surface area contributed by atoms with E-state index in [1.54, 1.807) is 25.4 Å². The zero-order valence-corrected chi connectivity index (χ0v) is 12.3. The molecule has 112 valence electrons. The predicted molar refractivity (Wildman–Crippen MR) is 77.7 cm³/mol. The quantitative estimate of drug-likeness (QED) is 0.704. The minimum atomic E-state index is -0.507. The lowest BCUT2D eigenvalue weighted by molar-refractivity contribution is -0.117. The standard InChI is InChI=1S/C14H23N3O3/c1-10(2)8-12(15)14(18)17-11-4-5-13(16-9-11)20-7-6-19-3/h4-5,9-10,12H,6-8,15H2,1-3H3,(H,17,18)/t12-/m1/s1. The molecule has 0 bridgehead atoms. The lowest BCUT2D eigenvalue weighted by atomic mass is 10.0. The molecule has 1 atom stereocenters. The summed E-state index contributed by atoms with van der Waals surface area (Å²) in [5, 5.41) is 2.73. The third-order valence-electron chi connectivity index (χ3n) is 2.60. The van der Waals surface area contributed by atoms with E-state index >= 15 is 0 Å². The number of anilines is 1. The second kappa shape index (κ2) is 8.50. The van der Waals surface area contributed by atoms with Crippen molar-refractivity contribution < 1.29 is 14.3 Å². The normalized spacial score (nSPS) is 12.2. The van der Waals surface area contributed by atoms with Crippen molar-refractivity contribution in [1.82, 2.24) is 4.98 Å². The van der Waals surface area contributed by atoms with Crippen LogP contribution in [0.25, 0.3) is 0 Å². The zero-order chi connectivity index (χ0) is 15.0. The van der Waals surface area contributed by atoms with Crippen molar-refractivity contribution >= 4 is 11.6 Å². The summed E-state index contributed by atoms with van der Waals surface area (Å²) < 4.78 is 10.2. The summed E-state index contributed by atoms with van der Waals surface area (Å²) in [4.78, 5) is 15.9. The van der Waals surface area contributed by atoms with Gasteiger partial charge in [-0.05, 0) is 18.4 Å². The van der Waals surface area contributed by atoms with Crippen LogP contribution in [0.3, 0.4) is 0 Å². The molecule has 3 N–H and O–H groups in total. The smallest absolute Gasteiger partial charge is 0.241 e. The maximum Gasteiger partial charge on any atom is 0.241 e. The molecule has 0 fully saturated rings. The van der Waals surface area contributed by atoms with Crippen LogP contribution in [0.15, 0.2) is 18.3 Å². The second-order valence-corrected chi connectivity index (χ2v) is 4.95. The highest BCUT2D eigenvalue weighted by Gasteiger charge is 2.15. The van der Waals surface area contributed by atoms with Crippen molar-refractivity contribution in [3.05, 3.63) is 18.3 Å². The van der Waals surface area contributed by atoms with Crippen LogP contribution >= 0.6 is 0 Å². The Labute approximate surface area is 119 Å². The summed E-state index contributed by atoms with van der Waals surface area (Å²) in [7, 11) is 1.61. The van der Waals surface area contributed by atoms with E-state index in [4.69, 9.17) is 15.2 Å². The van der Waals surface area contributed by atoms with Crippen LogP contribution in [-0.2, 0) is 9.53 Å². The summed E-state index contributed by atoms with van der Waals surface area (Å²) in [6, 6.07) is 2.92. The first kappa shape index (κ1) is 16.4. The summed E-state index contributed by atoms with van der Waals surface area (Å²) >= 11 is 0. The first-order chi connectivity index (χ1) is 9.52. The van der Waals surface area contributed by atoms with Crippen LogP contribution in [0.2, 0.25) is 0 Å². The molecule has 6 nitrogen and oxygen atoms in total. The van der Waals surface area contributed by atoms with Crippen LogP contribution in [0.5, 0.6) is 5.88 Å². The molecule has 0 saturated heterocycles. The summed E-state index contributed by atoms with van der Waals surface area (Å²) in [5.41, 5.74) is 6.41. The third-order valence-corrected chi connectivity index (χ3v) is 2.60. The molecule has 1 aromatic heterocycles. The Morgan fingerprint density at radius 2 is 2.15 bits per heavy atom. The molecule has 0 aliphatic heterocycles. The van der Waals surface area contributed by atoms with Crippen molar-refractivity contribution in [2.24, 2.45) is 11.7 Å². The van der Waals surface area contributed by atoms with Gasteiger partial charge in [-0.2, -0.15) is 0 Å². The number of pyridine rings is 1. The molecule has 20 heavy (non-hydrogen) atoms. The highest BCUT2D eigenvalue weighted by atomic mass is 16.5. The van der Waals surface area contributed by atoms with Gasteiger partial charge in [0, 0.05) is 13.2 Å². The van der Waals surface area contributed by atoms with Gasteiger partial charge in [0.25, 0.3) is 0 Å². The van der Waals surface area contributed by atoms with E-state index < -0.39 is 6.04 Å². The lowest BCUT2D eigenvalue weighted by Crippen LogP contribution is -2.36. The number of amides is 1. The number of nitrogens with zero attached hydrogens (tertiary/aromatic N) is 1. The Morgan fingerprint density at radius 1 is 1.40 bits per heavy atom. The minimum Gasteiger partial charge on any atom is -0.475 e. The average molecular weight is 281 g/mol. The lowest BCUT2D eigenvalue weighted by Gasteiger charge is -2.14. The predicted octanol–water partition coefficient (Wildman–Crippen LogP) is 1.42. The third kappa shape index (κ3) is 5.99. The number of nitrogens with two attached hydrogens (primary N) is 1. The second-order valence-electron chi connectivity index (χ2n) is 4.95. The fourth-order valence-corrected chi connectivity index (χ4v) is 1.62. The van der Waals surface area contributed by atoms with Gasteiger partial charge in [0.2, 0.25) is 11.8 Å². The van der Waals surface area contributed by atoms with Crippen LogP contribution in [0.4, 0.5) is 5.69 Å². The fourth-order valence-electron chi connectivity index (χ4n) is 1.62. The van der Waals surface area contributed by atoms with E-state index in [1.807, 2.05) is 13.8 Å². The molecule has 1 aromatic rings. The van der Waals surface area contributed by atoms with E-state index in [0.29, 0.717) is 37.1 Å². The van der Waals surface area contributed by atoms with Gasteiger partial charge in [-0.3, -0.25) is 4.79 Å². The van der Waals surface area contributed by atoms with Crippen molar-refractivity contribution in [3.8, 4) is 5.88 Å². The molecule has 0 aromatic carbocycles. The Kier molecular flexibility index (Phi) is 6.97. The van der Waals surface area contributed by atoms with E-state index in [-0.39, 0.29) is 5.91 Å². The number of rotatable bonds is 8. The van der Waals surface area contributed by atoms with Gasteiger partial charge in [-0.25, -0.2) is 4.98 Å². The molecular formula is C14H23N3O3. The molecule has 1 rings (SSSR count). The molecule has 1 heterocycles. The Morgan fingerprint density at radius 3 is 2.70 bits per heavy atom. The molecule has 0 spiro atoms. The van der Waals surface area contributed by atoms with Crippen molar-refractivity contribution in [3.63, 3.8) is 0 Å².